The van der Waals surface area contributed by atoms with Crippen molar-refractivity contribution in [1.29, 1.82) is 0 Å². The molecule has 0 saturated carbocycles. The van der Waals surface area contributed by atoms with Crippen LogP contribution < -0.4 is 15.8 Å². The lowest BCUT2D eigenvalue weighted by Gasteiger charge is -2.14. The number of nitrogens with two attached hydrogens (primary N) is 1. The zero-order valence-electron chi connectivity index (χ0n) is 15.1. The lowest BCUT2D eigenvalue weighted by molar-refractivity contribution is -0.116. The Morgan fingerprint density at radius 1 is 1.12 bits per heavy atom. The van der Waals surface area contributed by atoms with Gasteiger partial charge in [-0.2, -0.15) is 0 Å². The number of likely N-dealkylation sites (N-methyl/N-ethyl adjacent to an activating group) is 1. The minimum Gasteiger partial charge on any atom is -0.492 e. The van der Waals surface area contributed by atoms with Crippen molar-refractivity contribution < 1.29 is 9.53 Å². The second kappa shape index (κ2) is 12.5. The Balaban J connectivity index is 0.00000312. The molecule has 0 saturated heterocycles. The van der Waals surface area contributed by atoms with E-state index in [1.54, 1.807) is 0 Å². The van der Waals surface area contributed by atoms with Gasteiger partial charge in [0.15, 0.2) is 0 Å². The number of carbonyl (C=O) groups is 1. The topological polar surface area (TPSA) is 67.6 Å². The Morgan fingerprint density at radius 3 is 2.46 bits per heavy atom. The molecule has 1 unspecified atom stereocenters. The molecule has 5 nitrogen and oxygen atoms in total. The summed E-state index contributed by atoms with van der Waals surface area (Å²) in [4.78, 5) is 14.2. The Hall–Kier alpha value is -1.79. The van der Waals surface area contributed by atoms with Crippen molar-refractivity contribution in [2.75, 3.05) is 32.6 Å². The molecule has 0 aliphatic heterocycles. The first-order valence-corrected chi connectivity index (χ1v) is 8.02. The Labute approximate surface area is 167 Å². The van der Waals surface area contributed by atoms with Crippen molar-refractivity contribution in [3.8, 4) is 5.75 Å². The zero-order valence-corrected chi connectivity index (χ0v) is 16.7. The van der Waals surface area contributed by atoms with Crippen LogP contribution in [-0.4, -0.2) is 38.1 Å². The first-order chi connectivity index (χ1) is 11.5. The van der Waals surface area contributed by atoms with Crippen molar-refractivity contribution in [2.45, 2.75) is 12.5 Å². The summed E-state index contributed by atoms with van der Waals surface area (Å²) < 4.78 is 5.67. The molecule has 144 valence electrons. The van der Waals surface area contributed by atoms with Crippen LogP contribution >= 0.6 is 24.8 Å². The largest absolute Gasteiger partial charge is 0.492 e. The van der Waals surface area contributed by atoms with Crippen LogP contribution in [-0.2, 0) is 4.79 Å². The van der Waals surface area contributed by atoms with Crippen molar-refractivity contribution >= 4 is 36.4 Å². The second-order valence-electron chi connectivity index (χ2n) is 5.95. The highest BCUT2D eigenvalue weighted by Crippen LogP contribution is 2.19. The van der Waals surface area contributed by atoms with Gasteiger partial charge in [-0.1, -0.05) is 36.4 Å². The highest BCUT2D eigenvalue weighted by Gasteiger charge is 2.11. The van der Waals surface area contributed by atoms with Crippen LogP contribution in [0.5, 0.6) is 5.75 Å². The van der Waals surface area contributed by atoms with Gasteiger partial charge in [0.1, 0.15) is 12.4 Å². The maximum absolute atomic E-state index is 12.2. The predicted molar refractivity (Wildman–Crippen MR) is 112 cm³/mol. The number of hydrogen-bond acceptors (Lipinski definition) is 4. The molecule has 0 aliphatic rings. The maximum Gasteiger partial charge on any atom is 0.226 e. The molecule has 0 radical (unpaired) electrons. The molecule has 0 fully saturated rings. The number of nitrogens with one attached hydrogen (secondary N) is 1. The number of benzene rings is 2. The highest BCUT2D eigenvalue weighted by molar-refractivity contribution is 5.91. The number of rotatable bonds is 8. The maximum atomic E-state index is 12.2. The zero-order chi connectivity index (χ0) is 17.4. The quantitative estimate of drug-likeness (QED) is 0.712. The molecule has 2 rings (SSSR count). The van der Waals surface area contributed by atoms with E-state index in [0.717, 1.165) is 17.9 Å². The van der Waals surface area contributed by atoms with Gasteiger partial charge in [-0.3, -0.25) is 4.79 Å². The van der Waals surface area contributed by atoms with Crippen LogP contribution in [0.15, 0.2) is 54.6 Å². The smallest absolute Gasteiger partial charge is 0.226 e. The van der Waals surface area contributed by atoms with E-state index in [9.17, 15) is 4.79 Å². The fourth-order valence-electron chi connectivity index (χ4n) is 2.24. The van der Waals surface area contributed by atoms with Gasteiger partial charge >= 0.3 is 0 Å². The van der Waals surface area contributed by atoms with Gasteiger partial charge in [0.05, 0.1) is 0 Å². The van der Waals surface area contributed by atoms with Gasteiger partial charge in [-0.05, 0) is 31.8 Å². The molecule has 3 N–H and O–H groups in total. The molecule has 0 bridgehead atoms. The molecule has 1 amide bonds. The van der Waals surface area contributed by atoms with E-state index in [1.807, 2.05) is 68.7 Å². The van der Waals surface area contributed by atoms with Crippen LogP contribution in [0.3, 0.4) is 0 Å². The average molecular weight is 400 g/mol. The van der Waals surface area contributed by atoms with Crippen molar-refractivity contribution in [1.82, 2.24) is 4.90 Å². The number of halogens is 2. The molecule has 2 aromatic carbocycles. The van der Waals surface area contributed by atoms with Crippen molar-refractivity contribution in [2.24, 2.45) is 5.73 Å². The molecule has 1 atom stereocenters. The lowest BCUT2D eigenvalue weighted by Crippen LogP contribution is -2.21. The van der Waals surface area contributed by atoms with Gasteiger partial charge in [0.25, 0.3) is 0 Å². The van der Waals surface area contributed by atoms with E-state index < -0.39 is 0 Å². The standard InChI is InChI=1S/C19H25N3O2.2ClH/c1-22(2)11-12-24-17-10-6-9-16(13-17)21-19(23)14-18(20)15-7-4-3-5-8-15;;/h3-10,13,18H,11-12,14,20H2,1-2H3,(H,21,23);2*1H. The first-order valence-electron chi connectivity index (χ1n) is 8.02. The summed E-state index contributed by atoms with van der Waals surface area (Å²) >= 11 is 0. The number of nitrogens with zero attached hydrogens (tertiary/aromatic N) is 1. The highest BCUT2D eigenvalue weighted by atomic mass is 35.5. The van der Waals surface area contributed by atoms with Crippen molar-refractivity contribution in [3.05, 3.63) is 60.2 Å². The van der Waals surface area contributed by atoms with E-state index in [4.69, 9.17) is 10.5 Å². The van der Waals surface area contributed by atoms with Gasteiger partial charge in [-0.15, -0.1) is 24.8 Å². The number of anilines is 1. The molecular formula is C19H27Cl2N3O2. The average Bonchev–Trinajstić information content (AvgIpc) is 2.55. The Morgan fingerprint density at radius 2 is 1.81 bits per heavy atom. The molecule has 0 spiro atoms. The van der Waals surface area contributed by atoms with E-state index in [-0.39, 0.29) is 43.2 Å². The third kappa shape index (κ3) is 8.54. The summed E-state index contributed by atoms with van der Waals surface area (Å²) in [5.41, 5.74) is 7.75. The van der Waals surface area contributed by atoms with E-state index in [0.29, 0.717) is 12.3 Å². The van der Waals surface area contributed by atoms with Crippen LogP contribution in [0.4, 0.5) is 5.69 Å². The number of hydrogen-bond donors (Lipinski definition) is 2. The van der Waals surface area contributed by atoms with Gasteiger partial charge in [0.2, 0.25) is 5.91 Å². The van der Waals surface area contributed by atoms with Gasteiger partial charge in [0, 0.05) is 30.8 Å². The summed E-state index contributed by atoms with van der Waals surface area (Å²) in [7, 11) is 3.99. The van der Waals surface area contributed by atoms with Crippen LogP contribution in [0.25, 0.3) is 0 Å². The first kappa shape index (κ1) is 24.2. The Kier molecular flexibility index (Phi) is 11.7. The lowest BCUT2D eigenvalue weighted by atomic mass is 10.0. The fraction of sp³-hybridized carbons (Fsp3) is 0.316. The molecule has 2 aromatic rings. The molecule has 0 aliphatic carbocycles. The molecular weight excluding hydrogens is 373 g/mol. The molecule has 0 aromatic heterocycles. The van der Waals surface area contributed by atoms with Gasteiger partial charge < -0.3 is 20.7 Å². The van der Waals surface area contributed by atoms with Crippen LogP contribution in [0.2, 0.25) is 0 Å². The Bertz CT molecular complexity index is 654. The molecule has 26 heavy (non-hydrogen) atoms. The number of amides is 1. The monoisotopic (exact) mass is 399 g/mol. The van der Waals surface area contributed by atoms with Crippen LogP contribution in [0, 0.1) is 0 Å². The summed E-state index contributed by atoms with van der Waals surface area (Å²) in [6.45, 7) is 1.44. The van der Waals surface area contributed by atoms with E-state index >= 15 is 0 Å². The number of ether oxygens (including phenoxy) is 1. The summed E-state index contributed by atoms with van der Waals surface area (Å²) in [5.74, 6) is 0.624. The van der Waals surface area contributed by atoms with Crippen LogP contribution in [0.1, 0.15) is 18.0 Å². The third-order valence-electron chi connectivity index (χ3n) is 3.56. The van der Waals surface area contributed by atoms with E-state index in [1.165, 1.54) is 0 Å². The molecule has 0 heterocycles. The summed E-state index contributed by atoms with van der Waals surface area (Å²) in [6, 6.07) is 16.7. The SMILES string of the molecule is CN(C)CCOc1cccc(NC(=O)CC(N)c2ccccc2)c1.Cl.Cl. The molecule has 7 heteroatoms. The minimum atomic E-state index is -0.314. The number of carbonyl (C=O) groups excluding carboxylic acids is 1. The minimum absolute atomic E-state index is 0. The predicted octanol–water partition coefficient (Wildman–Crippen LogP) is 3.50. The normalized spacial score (nSPS) is 11.1. The fourth-order valence-corrected chi connectivity index (χ4v) is 2.24. The van der Waals surface area contributed by atoms with Gasteiger partial charge in [-0.25, -0.2) is 0 Å². The summed E-state index contributed by atoms with van der Waals surface area (Å²) in [6.07, 6.45) is 0.232. The van der Waals surface area contributed by atoms with Crippen molar-refractivity contribution in [3.63, 3.8) is 0 Å². The summed E-state index contributed by atoms with van der Waals surface area (Å²) in [5, 5.41) is 2.87. The third-order valence-corrected chi connectivity index (χ3v) is 3.56. The van der Waals surface area contributed by atoms with E-state index in [2.05, 4.69) is 10.2 Å². The second-order valence-corrected chi connectivity index (χ2v) is 5.95.